The average molecular weight is 472 g/mol. The number of ether oxygens (including phenoxy) is 3. The predicted octanol–water partition coefficient (Wildman–Crippen LogP) is 4.28. The number of fused-ring (bicyclic) bond motifs is 1. The molecule has 0 aliphatic rings. The SMILES string of the molecule is COCc1nc(OC)c2c(C)c(C(=O)NC(CC(=O)OC(C)C)c3ccc(C)cc3)sc2n1. The number of carbonyl (C=O) groups excluding carboxylic acids is 2. The summed E-state index contributed by atoms with van der Waals surface area (Å²) in [6.45, 7) is 7.65. The number of amides is 1. The number of hydrogen-bond acceptors (Lipinski definition) is 8. The van der Waals surface area contributed by atoms with Crippen LogP contribution in [0.2, 0.25) is 0 Å². The molecule has 0 aliphatic heterocycles. The molecule has 3 rings (SSSR count). The molecule has 0 radical (unpaired) electrons. The molecule has 33 heavy (non-hydrogen) atoms. The first kappa shape index (κ1) is 24.6. The molecule has 1 amide bonds. The Balaban J connectivity index is 1.94. The van der Waals surface area contributed by atoms with Crippen LogP contribution >= 0.6 is 11.3 Å². The summed E-state index contributed by atoms with van der Waals surface area (Å²) in [5.74, 6) is 0.203. The Labute approximate surface area is 197 Å². The van der Waals surface area contributed by atoms with Crippen LogP contribution in [0, 0.1) is 13.8 Å². The lowest BCUT2D eigenvalue weighted by molar-refractivity contribution is -0.147. The molecule has 8 nitrogen and oxygen atoms in total. The standard InChI is InChI=1S/C24H29N3O5S/c1-13(2)32-19(28)11-17(16-9-7-14(3)8-10-16)25-22(29)21-15(4)20-23(31-6)26-18(12-30-5)27-24(20)33-21/h7-10,13,17H,11-12H2,1-6H3,(H,25,29). The first-order valence-electron chi connectivity index (χ1n) is 10.6. The van der Waals surface area contributed by atoms with Crippen molar-refractivity contribution in [3.05, 3.63) is 51.7 Å². The van der Waals surface area contributed by atoms with Gasteiger partial charge in [-0.05, 0) is 38.8 Å². The van der Waals surface area contributed by atoms with Gasteiger partial charge in [0, 0.05) is 7.11 Å². The molecule has 0 bridgehead atoms. The van der Waals surface area contributed by atoms with E-state index in [0.29, 0.717) is 26.8 Å². The molecule has 1 atom stereocenters. The Morgan fingerprint density at radius 3 is 2.39 bits per heavy atom. The molecule has 0 saturated heterocycles. The molecule has 0 saturated carbocycles. The van der Waals surface area contributed by atoms with Gasteiger partial charge in [0.2, 0.25) is 5.88 Å². The van der Waals surface area contributed by atoms with Gasteiger partial charge in [-0.25, -0.2) is 4.98 Å². The van der Waals surface area contributed by atoms with Gasteiger partial charge < -0.3 is 19.5 Å². The van der Waals surface area contributed by atoms with Crippen LogP contribution in [0.4, 0.5) is 0 Å². The zero-order chi connectivity index (χ0) is 24.1. The number of aromatic nitrogens is 2. The number of esters is 1. The summed E-state index contributed by atoms with van der Waals surface area (Å²) in [5.41, 5.74) is 2.64. The molecule has 0 fully saturated rings. The third-order valence-corrected chi connectivity index (χ3v) is 6.18. The minimum atomic E-state index is -0.536. The van der Waals surface area contributed by atoms with Gasteiger partial charge in [-0.15, -0.1) is 11.3 Å². The van der Waals surface area contributed by atoms with Crippen LogP contribution in [0.25, 0.3) is 10.2 Å². The number of carbonyl (C=O) groups is 2. The second kappa shape index (κ2) is 10.7. The van der Waals surface area contributed by atoms with E-state index in [1.165, 1.54) is 18.4 Å². The molecular weight excluding hydrogens is 442 g/mol. The fourth-order valence-electron chi connectivity index (χ4n) is 3.45. The second-order valence-corrected chi connectivity index (χ2v) is 9.00. The van der Waals surface area contributed by atoms with Crippen molar-refractivity contribution in [1.82, 2.24) is 15.3 Å². The van der Waals surface area contributed by atoms with Gasteiger partial charge >= 0.3 is 5.97 Å². The molecule has 1 unspecified atom stereocenters. The Kier molecular flexibility index (Phi) is 7.99. The number of aryl methyl sites for hydroxylation is 2. The minimum Gasteiger partial charge on any atom is -0.480 e. The van der Waals surface area contributed by atoms with E-state index in [9.17, 15) is 9.59 Å². The first-order valence-corrected chi connectivity index (χ1v) is 11.4. The molecular formula is C24H29N3O5S. The van der Waals surface area contributed by atoms with Crippen molar-refractivity contribution in [3.63, 3.8) is 0 Å². The average Bonchev–Trinajstić information content (AvgIpc) is 3.09. The number of nitrogens with zero attached hydrogens (tertiary/aromatic N) is 2. The maximum absolute atomic E-state index is 13.3. The van der Waals surface area contributed by atoms with Crippen LogP contribution < -0.4 is 10.1 Å². The van der Waals surface area contributed by atoms with Crippen LogP contribution in [-0.4, -0.2) is 42.2 Å². The number of hydrogen-bond donors (Lipinski definition) is 1. The molecule has 3 aromatic rings. The molecule has 0 spiro atoms. The van der Waals surface area contributed by atoms with E-state index in [1.807, 2.05) is 38.1 Å². The summed E-state index contributed by atoms with van der Waals surface area (Å²) in [4.78, 5) is 35.8. The maximum Gasteiger partial charge on any atom is 0.308 e. The van der Waals surface area contributed by atoms with E-state index in [2.05, 4.69) is 15.3 Å². The van der Waals surface area contributed by atoms with Gasteiger partial charge in [-0.2, -0.15) is 4.98 Å². The van der Waals surface area contributed by atoms with Crippen LogP contribution in [0.15, 0.2) is 24.3 Å². The number of thiophene rings is 1. The summed E-state index contributed by atoms with van der Waals surface area (Å²) in [6, 6.07) is 7.18. The summed E-state index contributed by atoms with van der Waals surface area (Å²) in [5, 5.41) is 3.70. The quantitative estimate of drug-likeness (QED) is 0.465. The van der Waals surface area contributed by atoms with Gasteiger partial charge in [-0.1, -0.05) is 29.8 Å². The monoisotopic (exact) mass is 471 g/mol. The molecule has 1 N–H and O–H groups in total. The number of nitrogens with one attached hydrogen (secondary N) is 1. The zero-order valence-corrected chi connectivity index (χ0v) is 20.5. The topological polar surface area (TPSA) is 99.6 Å². The van der Waals surface area contributed by atoms with E-state index in [0.717, 1.165) is 16.7 Å². The van der Waals surface area contributed by atoms with Crippen molar-refractivity contribution in [2.24, 2.45) is 0 Å². The van der Waals surface area contributed by atoms with E-state index in [-0.39, 0.29) is 31.0 Å². The molecule has 176 valence electrons. The first-order chi connectivity index (χ1) is 15.7. The van der Waals surface area contributed by atoms with Crippen LogP contribution in [0.1, 0.15) is 58.5 Å². The van der Waals surface area contributed by atoms with E-state index >= 15 is 0 Å². The van der Waals surface area contributed by atoms with Crippen LogP contribution in [-0.2, 0) is 20.9 Å². The Bertz CT molecular complexity index is 1140. The second-order valence-electron chi connectivity index (χ2n) is 8.00. The molecule has 1 aromatic carbocycles. The van der Waals surface area contributed by atoms with Crippen molar-refractivity contribution < 1.29 is 23.8 Å². The molecule has 9 heteroatoms. The number of benzene rings is 1. The number of methoxy groups -OCH3 is 2. The largest absolute Gasteiger partial charge is 0.480 e. The van der Waals surface area contributed by atoms with Gasteiger partial charge in [0.05, 0.1) is 35.9 Å². The lowest BCUT2D eigenvalue weighted by Crippen LogP contribution is -2.31. The lowest BCUT2D eigenvalue weighted by Gasteiger charge is -2.19. The Morgan fingerprint density at radius 1 is 1.09 bits per heavy atom. The zero-order valence-electron chi connectivity index (χ0n) is 19.7. The Morgan fingerprint density at radius 2 is 1.79 bits per heavy atom. The van der Waals surface area contributed by atoms with Crippen molar-refractivity contribution in [2.45, 2.75) is 52.9 Å². The summed E-state index contributed by atoms with van der Waals surface area (Å²) in [6.07, 6.45) is -0.207. The molecule has 0 aliphatic carbocycles. The highest BCUT2D eigenvalue weighted by atomic mass is 32.1. The molecule has 2 heterocycles. The summed E-state index contributed by atoms with van der Waals surface area (Å²) in [7, 11) is 3.09. The van der Waals surface area contributed by atoms with Crippen molar-refractivity contribution in [1.29, 1.82) is 0 Å². The van der Waals surface area contributed by atoms with E-state index < -0.39 is 6.04 Å². The van der Waals surface area contributed by atoms with Gasteiger partial charge in [0.1, 0.15) is 11.4 Å². The van der Waals surface area contributed by atoms with Crippen LogP contribution in [0.5, 0.6) is 5.88 Å². The van der Waals surface area contributed by atoms with Crippen LogP contribution in [0.3, 0.4) is 0 Å². The van der Waals surface area contributed by atoms with Crippen molar-refractivity contribution in [2.75, 3.05) is 14.2 Å². The third kappa shape index (κ3) is 5.85. The highest BCUT2D eigenvalue weighted by Gasteiger charge is 2.25. The fraction of sp³-hybridized carbons (Fsp3) is 0.417. The highest BCUT2D eigenvalue weighted by Crippen LogP contribution is 2.35. The van der Waals surface area contributed by atoms with Gasteiger partial charge in [0.25, 0.3) is 5.91 Å². The number of rotatable bonds is 9. The van der Waals surface area contributed by atoms with Gasteiger partial charge in [-0.3, -0.25) is 9.59 Å². The predicted molar refractivity (Wildman–Crippen MR) is 127 cm³/mol. The van der Waals surface area contributed by atoms with E-state index in [1.54, 1.807) is 21.0 Å². The molecule has 2 aromatic heterocycles. The third-order valence-electron chi connectivity index (χ3n) is 5.00. The summed E-state index contributed by atoms with van der Waals surface area (Å²) >= 11 is 1.26. The Hall–Kier alpha value is -3.04. The smallest absolute Gasteiger partial charge is 0.308 e. The normalized spacial score (nSPS) is 12.1. The fourth-order valence-corrected chi connectivity index (χ4v) is 4.55. The minimum absolute atomic E-state index is 0.0258. The van der Waals surface area contributed by atoms with Crippen molar-refractivity contribution >= 4 is 33.4 Å². The van der Waals surface area contributed by atoms with E-state index in [4.69, 9.17) is 14.2 Å². The van der Waals surface area contributed by atoms with Gasteiger partial charge in [0.15, 0.2) is 5.82 Å². The van der Waals surface area contributed by atoms with Crippen molar-refractivity contribution in [3.8, 4) is 5.88 Å². The maximum atomic E-state index is 13.3. The highest BCUT2D eigenvalue weighted by molar-refractivity contribution is 7.20. The summed E-state index contributed by atoms with van der Waals surface area (Å²) < 4.78 is 15.9. The lowest BCUT2D eigenvalue weighted by atomic mass is 10.0.